The number of β-amino-alcohol motifs (C(OH)–C–C–N with tert-alkyl or cyclic N) is 1. The third-order valence-electron chi connectivity index (χ3n) is 7.01. The van der Waals surface area contributed by atoms with E-state index in [2.05, 4.69) is 21.1 Å². The SMILES string of the molecule is Cc1c(-c2nn3cccc(O[C@H](C)c4ccc(F)cn4)c3c2C#N)cnn1[C@H]1CCCN(C[C@H](O)CO)C1. The van der Waals surface area contributed by atoms with Gasteiger partial charge in [0.1, 0.15) is 40.5 Å². The summed E-state index contributed by atoms with van der Waals surface area (Å²) in [4.78, 5) is 6.25. The van der Waals surface area contributed by atoms with Crippen molar-refractivity contribution in [2.45, 2.75) is 44.9 Å². The fourth-order valence-corrected chi connectivity index (χ4v) is 5.11. The highest BCUT2D eigenvalue weighted by Crippen LogP contribution is 2.35. The van der Waals surface area contributed by atoms with Crippen LogP contribution in [-0.4, -0.2) is 71.8 Å². The fourth-order valence-electron chi connectivity index (χ4n) is 5.11. The van der Waals surface area contributed by atoms with Gasteiger partial charge < -0.3 is 14.9 Å². The predicted octanol–water partition coefficient (Wildman–Crippen LogP) is 3.04. The second kappa shape index (κ2) is 10.9. The molecule has 0 unspecified atom stereocenters. The van der Waals surface area contributed by atoms with Crippen molar-refractivity contribution in [1.82, 2.24) is 29.3 Å². The highest BCUT2D eigenvalue weighted by atomic mass is 19.1. The number of nitriles is 1. The van der Waals surface area contributed by atoms with Gasteiger partial charge in [-0.15, -0.1) is 0 Å². The number of nitrogens with zero attached hydrogens (tertiary/aromatic N) is 7. The van der Waals surface area contributed by atoms with Crippen molar-refractivity contribution in [2.75, 3.05) is 26.2 Å². The molecule has 0 bridgehead atoms. The van der Waals surface area contributed by atoms with Gasteiger partial charge in [0.15, 0.2) is 0 Å². The predicted molar refractivity (Wildman–Crippen MR) is 137 cm³/mol. The molecule has 0 spiro atoms. The Labute approximate surface area is 219 Å². The van der Waals surface area contributed by atoms with E-state index in [0.717, 1.165) is 36.8 Å². The quantitative estimate of drug-likeness (QED) is 0.364. The largest absolute Gasteiger partial charge is 0.482 e. The minimum Gasteiger partial charge on any atom is -0.482 e. The van der Waals surface area contributed by atoms with E-state index in [1.807, 2.05) is 18.5 Å². The van der Waals surface area contributed by atoms with E-state index in [9.17, 15) is 19.9 Å². The molecule has 11 heteroatoms. The zero-order chi connectivity index (χ0) is 26.8. The zero-order valence-electron chi connectivity index (χ0n) is 21.3. The number of aliphatic hydroxyl groups is 2. The van der Waals surface area contributed by atoms with Crippen molar-refractivity contribution in [3.63, 3.8) is 0 Å². The smallest absolute Gasteiger partial charge is 0.147 e. The normalized spacial score (nSPS) is 17.8. The Hall–Kier alpha value is -3.85. The highest BCUT2D eigenvalue weighted by molar-refractivity contribution is 5.81. The zero-order valence-corrected chi connectivity index (χ0v) is 21.3. The van der Waals surface area contributed by atoms with Crippen LogP contribution in [0.1, 0.15) is 48.9 Å². The van der Waals surface area contributed by atoms with E-state index in [0.29, 0.717) is 41.3 Å². The summed E-state index contributed by atoms with van der Waals surface area (Å²) in [6, 6.07) is 8.88. The van der Waals surface area contributed by atoms with Gasteiger partial charge in [0, 0.05) is 30.5 Å². The van der Waals surface area contributed by atoms with Crippen LogP contribution >= 0.6 is 0 Å². The Morgan fingerprint density at radius 1 is 1.29 bits per heavy atom. The lowest BCUT2D eigenvalue weighted by atomic mass is 10.0. The molecule has 4 aromatic rings. The van der Waals surface area contributed by atoms with E-state index in [-0.39, 0.29) is 12.6 Å². The molecule has 0 amide bonds. The summed E-state index contributed by atoms with van der Waals surface area (Å²) in [7, 11) is 0. The second-order valence-electron chi connectivity index (χ2n) is 9.64. The average Bonchev–Trinajstić information content (AvgIpc) is 3.49. The topological polar surface area (TPSA) is 125 Å². The van der Waals surface area contributed by atoms with Crippen molar-refractivity contribution >= 4 is 5.52 Å². The first-order chi connectivity index (χ1) is 18.4. The first kappa shape index (κ1) is 25.8. The van der Waals surface area contributed by atoms with Crippen molar-refractivity contribution in [3.05, 3.63) is 65.6 Å². The number of aliphatic hydroxyl groups excluding tert-OH is 2. The van der Waals surface area contributed by atoms with Gasteiger partial charge in [0.2, 0.25) is 0 Å². The van der Waals surface area contributed by atoms with Crippen LogP contribution in [0.15, 0.2) is 42.9 Å². The summed E-state index contributed by atoms with van der Waals surface area (Å²) in [5, 5.41) is 38.6. The van der Waals surface area contributed by atoms with Crippen LogP contribution in [0, 0.1) is 24.1 Å². The number of pyridine rings is 2. The molecule has 0 saturated carbocycles. The number of piperidine rings is 1. The van der Waals surface area contributed by atoms with Crippen LogP contribution in [0.4, 0.5) is 4.39 Å². The number of hydrogen-bond acceptors (Lipinski definition) is 8. The molecule has 4 aromatic heterocycles. The molecule has 2 N–H and O–H groups in total. The minimum absolute atomic E-state index is 0.105. The number of hydrogen-bond donors (Lipinski definition) is 2. The van der Waals surface area contributed by atoms with Gasteiger partial charge in [-0.2, -0.15) is 15.5 Å². The number of ether oxygens (including phenoxy) is 1. The molecule has 1 aliphatic heterocycles. The van der Waals surface area contributed by atoms with E-state index in [1.54, 1.807) is 35.1 Å². The molecule has 10 nitrogen and oxygen atoms in total. The average molecular weight is 520 g/mol. The maximum Gasteiger partial charge on any atom is 0.147 e. The number of rotatable bonds is 8. The minimum atomic E-state index is -0.767. The number of aromatic nitrogens is 5. The Morgan fingerprint density at radius 2 is 2.13 bits per heavy atom. The Morgan fingerprint density at radius 3 is 2.87 bits per heavy atom. The second-order valence-corrected chi connectivity index (χ2v) is 9.64. The van der Waals surface area contributed by atoms with Gasteiger partial charge in [-0.1, -0.05) is 0 Å². The molecule has 1 aliphatic rings. The standard InChI is InChI=1S/C27H30FN7O3/c1-17-23(13-31-35(17)20-5-3-9-33(14-20)15-21(37)16-36)26-22(11-29)27-25(6-4-10-34(27)32-26)38-18(2)24-8-7-19(28)12-30-24/h4,6-8,10,12-13,18,20-21,36-37H,3,5,9,14-16H2,1-2H3/t18-,20+,21+/m1/s1. The summed E-state index contributed by atoms with van der Waals surface area (Å²) in [5.41, 5.74) is 3.65. The monoisotopic (exact) mass is 519 g/mol. The van der Waals surface area contributed by atoms with Gasteiger partial charge in [-0.3, -0.25) is 14.6 Å². The third kappa shape index (κ3) is 4.98. The molecule has 0 radical (unpaired) electrons. The number of fused-ring (bicyclic) bond motifs is 1. The lowest BCUT2D eigenvalue weighted by Crippen LogP contribution is -2.42. The fraction of sp³-hybridized carbons (Fsp3) is 0.407. The Balaban J connectivity index is 1.46. The molecule has 5 heterocycles. The van der Waals surface area contributed by atoms with E-state index in [1.165, 1.54) is 6.07 Å². The molecule has 5 rings (SSSR count). The summed E-state index contributed by atoms with van der Waals surface area (Å²) in [5.74, 6) is 0.0479. The molecule has 1 fully saturated rings. The van der Waals surface area contributed by atoms with E-state index in [4.69, 9.17) is 9.84 Å². The van der Waals surface area contributed by atoms with Crippen molar-refractivity contribution in [2.24, 2.45) is 0 Å². The van der Waals surface area contributed by atoms with Crippen LogP contribution in [0.5, 0.6) is 5.75 Å². The van der Waals surface area contributed by atoms with Crippen molar-refractivity contribution in [1.29, 1.82) is 5.26 Å². The Kier molecular flexibility index (Phi) is 7.37. The van der Waals surface area contributed by atoms with Crippen molar-refractivity contribution < 1.29 is 19.3 Å². The van der Waals surface area contributed by atoms with Crippen LogP contribution in [0.25, 0.3) is 16.8 Å². The lowest BCUT2D eigenvalue weighted by Gasteiger charge is -2.34. The van der Waals surface area contributed by atoms with Gasteiger partial charge in [-0.25, -0.2) is 8.91 Å². The summed E-state index contributed by atoms with van der Waals surface area (Å²) in [6.07, 6.45) is 5.30. The lowest BCUT2D eigenvalue weighted by molar-refractivity contribution is 0.0444. The first-order valence-electron chi connectivity index (χ1n) is 12.6. The van der Waals surface area contributed by atoms with Gasteiger partial charge in [0.05, 0.1) is 36.8 Å². The van der Waals surface area contributed by atoms with Gasteiger partial charge in [0.25, 0.3) is 0 Å². The molecule has 3 atom stereocenters. The van der Waals surface area contributed by atoms with Crippen LogP contribution in [0.3, 0.4) is 0 Å². The first-order valence-corrected chi connectivity index (χ1v) is 12.6. The van der Waals surface area contributed by atoms with Gasteiger partial charge in [-0.05, 0) is 57.5 Å². The van der Waals surface area contributed by atoms with Crippen LogP contribution in [-0.2, 0) is 0 Å². The molecular weight excluding hydrogens is 489 g/mol. The number of halogens is 1. The van der Waals surface area contributed by atoms with E-state index >= 15 is 0 Å². The van der Waals surface area contributed by atoms with Crippen molar-refractivity contribution in [3.8, 4) is 23.1 Å². The van der Waals surface area contributed by atoms with E-state index < -0.39 is 18.0 Å². The molecule has 0 aromatic carbocycles. The molecule has 1 saturated heterocycles. The summed E-state index contributed by atoms with van der Waals surface area (Å²) >= 11 is 0. The molecule has 0 aliphatic carbocycles. The third-order valence-corrected chi connectivity index (χ3v) is 7.01. The maximum absolute atomic E-state index is 13.3. The van der Waals surface area contributed by atoms with Gasteiger partial charge >= 0.3 is 0 Å². The molecule has 38 heavy (non-hydrogen) atoms. The van der Waals surface area contributed by atoms with Crippen LogP contribution in [0.2, 0.25) is 0 Å². The highest BCUT2D eigenvalue weighted by Gasteiger charge is 2.27. The summed E-state index contributed by atoms with van der Waals surface area (Å²) in [6.45, 7) is 5.51. The molecular formula is C27H30FN7O3. The van der Waals surface area contributed by atoms with Crippen LogP contribution < -0.4 is 4.74 Å². The molecule has 198 valence electrons. The Bertz CT molecular complexity index is 1460. The summed E-state index contributed by atoms with van der Waals surface area (Å²) < 4.78 is 23.1. The maximum atomic E-state index is 13.3. The number of likely N-dealkylation sites (tertiary alicyclic amines) is 1.